The van der Waals surface area contributed by atoms with E-state index in [0.717, 1.165) is 34.3 Å². The molecule has 4 aromatic rings. The summed E-state index contributed by atoms with van der Waals surface area (Å²) < 4.78 is 1.82. The number of hydrogen-bond acceptors (Lipinski definition) is 8. The fourth-order valence-corrected chi connectivity index (χ4v) is 5.77. The summed E-state index contributed by atoms with van der Waals surface area (Å²) in [7, 11) is 0. The molecule has 0 saturated carbocycles. The Morgan fingerprint density at radius 1 is 1.21 bits per heavy atom. The summed E-state index contributed by atoms with van der Waals surface area (Å²) in [4.78, 5) is 17.3. The van der Waals surface area contributed by atoms with Crippen molar-refractivity contribution < 1.29 is 4.92 Å². The summed E-state index contributed by atoms with van der Waals surface area (Å²) in [6, 6.07) is 6.52. The highest BCUT2D eigenvalue weighted by molar-refractivity contribution is 7.98. The number of benzene rings is 1. The Bertz CT molecular complexity index is 1210. The monoisotopic (exact) mass is 412 g/mol. The van der Waals surface area contributed by atoms with Gasteiger partial charge in [0.1, 0.15) is 4.83 Å². The van der Waals surface area contributed by atoms with Crippen LogP contribution in [0.3, 0.4) is 0 Å². The smallest absolute Gasteiger partial charge is 0.269 e. The van der Waals surface area contributed by atoms with Crippen LogP contribution in [0.2, 0.25) is 0 Å². The molecule has 3 heterocycles. The van der Waals surface area contributed by atoms with E-state index in [1.165, 1.54) is 47.2 Å². The molecule has 3 aromatic heterocycles. The Balaban J connectivity index is 1.51. The lowest BCUT2D eigenvalue weighted by atomic mass is 9.97. The zero-order chi connectivity index (χ0) is 19.3. The molecule has 0 spiro atoms. The first-order valence-corrected chi connectivity index (χ1v) is 10.7. The number of rotatable bonds is 4. The van der Waals surface area contributed by atoms with Gasteiger partial charge in [-0.1, -0.05) is 23.9 Å². The zero-order valence-electron chi connectivity index (χ0n) is 14.8. The fraction of sp³-hybridized carbons (Fsp3) is 0.278. The summed E-state index contributed by atoms with van der Waals surface area (Å²) in [5.41, 5.74) is 9.41. The van der Waals surface area contributed by atoms with E-state index in [-0.39, 0.29) is 5.69 Å². The summed E-state index contributed by atoms with van der Waals surface area (Å²) in [5.74, 6) is 0.996. The molecule has 0 aliphatic heterocycles. The number of aryl methyl sites for hydroxylation is 2. The molecule has 5 rings (SSSR count). The third kappa shape index (κ3) is 2.80. The van der Waals surface area contributed by atoms with E-state index in [0.29, 0.717) is 16.9 Å². The van der Waals surface area contributed by atoms with Crippen LogP contribution in [0.4, 0.5) is 11.6 Å². The molecule has 0 fully saturated rings. The van der Waals surface area contributed by atoms with Crippen LogP contribution in [0.5, 0.6) is 0 Å². The Morgan fingerprint density at radius 3 is 2.79 bits per heavy atom. The molecule has 142 valence electrons. The summed E-state index contributed by atoms with van der Waals surface area (Å²) in [6.45, 7) is 0. The number of fused-ring (bicyclic) bond motifs is 5. The van der Waals surface area contributed by atoms with E-state index in [4.69, 9.17) is 5.73 Å². The lowest BCUT2D eigenvalue weighted by Crippen LogP contribution is -2.03. The number of nitrogens with two attached hydrogens (primary N) is 1. The predicted molar refractivity (Wildman–Crippen MR) is 110 cm³/mol. The standard InChI is InChI=1S/C18H16N6O2S2/c19-17-20-16-14(12-3-1-2-4-13(12)28-16)15-21-22-18(23(15)17)27-9-10-5-7-11(8-6-10)24(25)26/h5-8H,1-4,9H2,(H2,19,20). The van der Waals surface area contributed by atoms with Gasteiger partial charge in [-0.25, -0.2) is 9.38 Å². The Kier molecular flexibility index (Phi) is 4.17. The normalized spacial score (nSPS) is 13.9. The van der Waals surface area contributed by atoms with E-state index in [2.05, 4.69) is 15.2 Å². The molecule has 0 amide bonds. The molecule has 0 saturated heterocycles. The van der Waals surface area contributed by atoms with Gasteiger partial charge < -0.3 is 5.73 Å². The van der Waals surface area contributed by atoms with Crippen molar-refractivity contribution in [2.75, 3.05) is 5.73 Å². The summed E-state index contributed by atoms with van der Waals surface area (Å²) in [6.07, 6.45) is 4.55. The van der Waals surface area contributed by atoms with Crippen molar-refractivity contribution in [3.63, 3.8) is 0 Å². The van der Waals surface area contributed by atoms with Crippen LogP contribution < -0.4 is 5.73 Å². The number of nitrogens with zero attached hydrogens (tertiary/aromatic N) is 5. The Labute approximate surface area is 167 Å². The molecule has 0 bridgehead atoms. The van der Waals surface area contributed by atoms with Crippen molar-refractivity contribution >= 4 is 50.6 Å². The molecule has 0 atom stereocenters. The minimum absolute atomic E-state index is 0.0831. The van der Waals surface area contributed by atoms with Gasteiger partial charge >= 0.3 is 0 Å². The van der Waals surface area contributed by atoms with Crippen LogP contribution in [0.15, 0.2) is 29.4 Å². The number of nitro groups is 1. The Hall–Kier alpha value is -2.72. The number of aromatic nitrogens is 4. The minimum Gasteiger partial charge on any atom is -0.369 e. The predicted octanol–water partition coefficient (Wildman–Crippen LogP) is 4.00. The van der Waals surface area contributed by atoms with Crippen LogP contribution in [0.25, 0.3) is 15.9 Å². The maximum Gasteiger partial charge on any atom is 0.269 e. The van der Waals surface area contributed by atoms with Crippen LogP contribution in [0, 0.1) is 10.1 Å². The van der Waals surface area contributed by atoms with E-state index < -0.39 is 4.92 Å². The maximum atomic E-state index is 10.8. The van der Waals surface area contributed by atoms with Gasteiger partial charge in [0.15, 0.2) is 10.8 Å². The topological polar surface area (TPSA) is 112 Å². The number of non-ortho nitro benzene ring substituents is 1. The van der Waals surface area contributed by atoms with Crippen molar-refractivity contribution in [1.82, 2.24) is 19.6 Å². The number of thiophene rings is 1. The molecular formula is C18H16N6O2S2. The van der Waals surface area contributed by atoms with Crippen LogP contribution in [-0.4, -0.2) is 24.5 Å². The third-order valence-corrected chi connectivity index (χ3v) is 7.16. The second-order valence-electron chi connectivity index (χ2n) is 6.71. The van der Waals surface area contributed by atoms with Gasteiger partial charge in [-0.2, -0.15) is 0 Å². The molecule has 1 aromatic carbocycles. The molecule has 1 aliphatic carbocycles. The number of anilines is 1. The van der Waals surface area contributed by atoms with Crippen molar-refractivity contribution in [3.05, 3.63) is 50.4 Å². The largest absolute Gasteiger partial charge is 0.369 e. The van der Waals surface area contributed by atoms with E-state index >= 15 is 0 Å². The van der Waals surface area contributed by atoms with Crippen LogP contribution >= 0.6 is 23.1 Å². The van der Waals surface area contributed by atoms with Gasteiger partial charge in [-0.15, -0.1) is 21.5 Å². The van der Waals surface area contributed by atoms with Crippen LogP contribution in [0.1, 0.15) is 28.8 Å². The zero-order valence-corrected chi connectivity index (χ0v) is 16.4. The first kappa shape index (κ1) is 17.4. The van der Waals surface area contributed by atoms with Gasteiger partial charge in [-0.3, -0.25) is 10.1 Å². The molecule has 0 radical (unpaired) electrons. The number of nitrogen functional groups attached to an aromatic ring is 1. The van der Waals surface area contributed by atoms with E-state index in [1.807, 2.05) is 4.40 Å². The molecule has 1 aliphatic rings. The Morgan fingerprint density at radius 2 is 2.00 bits per heavy atom. The molecule has 28 heavy (non-hydrogen) atoms. The van der Waals surface area contributed by atoms with Gasteiger partial charge in [0.2, 0.25) is 5.95 Å². The lowest BCUT2D eigenvalue weighted by Gasteiger charge is -2.10. The average molecular weight is 413 g/mol. The first-order chi connectivity index (χ1) is 13.6. The average Bonchev–Trinajstić information content (AvgIpc) is 3.27. The van der Waals surface area contributed by atoms with Crippen LogP contribution in [-0.2, 0) is 18.6 Å². The van der Waals surface area contributed by atoms with Gasteiger partial charge in [0.05, 0.1) is 10.3 Å². The maximum absolute atomic E-state index is 10.8. The van der Waals surface area contributed by atoms with Crippen molar-refractivity contribution in [3.8, 4) is 0 Å². The highest BCUT2D eigenvalue weighted by atomic mass is 32.2. The van der Waals surface area contributed by atoms with Crippen molar-refractivity contribution in [1.29, 1.82) is 0 Å². The van der Waals surface area contributed by atoms with E-state index in [9.17, 15) is 10.1 Å². The number of nitro benzene ring substituents is 1. The van der Waals surface area contributed by atoms with E-state index in [1.54, 1.807) is 23.5 Å². The molecule has 10 heteroatoms. The third-order valence-electron chi connectivity index (χ3n) is 4.97. The van der Waals surface area contributed by atoms with Gasteiger partial charge in [0.25, 0.3) is 5.69 Å². The number of thioether (sulfide) groups is 1. The highest BCUT2D eigenvalue weighted by Crippen LogP contribution is 2.38. The van der Waals surface area contributed by atoms with Crippen molar-refractivity contribution in [2.24, 2.45) is 0 Å². The highest BCUT2D eigenvalue weighted by Gasteiger charge is 2.22. The second-order valence-corrected chi connectivity index (χ2v) is 8.74. The second kappa shape index (κ2) is 6.71. The lowest BCUT2D eigenvalue weighted by molar-refractivity contribution is -0.384. The van der Waals surface area contributed by atoms with Crippen molar-refractivity contribution in [2.45, 2.75) is 36.6 Å². The fourth-order valence-electron chi connectivity index (χ4n) is 3.61. The van der Waals surface area contributed by atoms with Gasteiger partial charge in [-0.05, 0) is 36.8 Å². The molecule has 0 unspecified atom stereocenters. The molecular weight excluding hydrogens is 396 g/mol. The first-order valence-electron chi connectivity index (χ1n) is 8.93. The summed E-state index contributed by atoms with van der Waals surface area (Å²) >= 11 is 3.21. The number of hydrogen-bond donors (Lipinski definition) is 1. The summed E-state index contributed by atoms with van der Waals surface area (Å²) in [5, 5.41) is 21.3. The molecule has 8 nitrogen and oxygen atoms in total. The quantitative estimate of drug-likeness (QED) is 0.306. The molecule has 2 N–H and O–H groups in total. The SMILES string of the molecule is Nc1nc2sc3c(c2c2nnc(SCc4ccc([N+](=O)[O-])cc4)n12)CCCC3. The van der Waals surface area contributed by atoms with Gasteiger partial charge in [0, 0.05) is 22.8 Å². The minimum atomic E-state index is -0.401.